The Morgan fingerprint density at radius 3 is 2.43 bits per heavy atom. The number of ether oxygens (including phenoxy) is 1. The summed E-state index contributed by atoms with van der Waals surface area (Å²) in [5.41, 5.74) is 2.17. The molecule has 3 nitrogen and oxygen atoms in total. The molecule has 2 aromatic carbocycles. The molecule has 3 rings (SSSR count). The van der Waals surface area contributed by atoms with Crippen LogP contribution in [0.4, 0.5) is 5.69 Å². The lowest BCUT2D eigenvalue weighted by atomic mass is 10.1. The number of esters is 1. The van der Waals surface area contributed by atoms with Crippen molar-refractivity contribution in [3.8, 4) is 0 Å². The van der Waals surface area contributed by atoms with Crippen LogP contribution in [0.1, 0.15) is 18.5 Å². The predicted octanol–water partition coefficient (Wildman–Crippen LogP) is 3.94. The van der Waals surface area contributed by atoms with E-state index in [4.69, 9.17) is 4.74 Å². The number of benzene rings is 2. The van der Waals surface area contributed by atoms with Crippen molar-refractivity contribution in [3.63, 3.8) is 0 Å². The van der Waals surface area contributed by atoms with Crippen LogP contribution in [0.25, 0.3) is 0 Å². The Hall–Kier alpha value is -1.81. The third-order valence-electron chi connectivity index (χ3n) is 3.60. The molecule has 1 aliphatic heterocycles. The molecule has 0 saturated carbocycles. The van der Waals surface area contributed by atoms with Crippen LogP contribution in [0.3, 0.4) is 0 Å². The maximum atomic E-state index is 12.2. The fourth-order valence-corrected chi connectivity index (χ4v) is 2.89. The van der Waals surface area contributed by atoms with Gasteiger partial charge in [-0.1, -0.05) is 46.3 Å². The number of carbonyl (C=O) groups is 1. The summed E-state index contributed by atoms with van der Waals surface area (Å²) in [6.07, 6.45) is 0. The summed E-state index contributed by atoms with van der Waals surface area (Å²) in [5.74, 6) is -0.158. The minimum Gasteiger partial charge on any atom is -0.464 e. The van der Waals surface area contributed by atoms with Crippen LogP contribution in [-0.4, -0.2) is 18.6 Å². The van der Waals surface area contributed by atoms with Crippen molar-refractivity contribution in [2.45, 2.75) is 19.0 Å². The number of anilines is 1. The largest absolute Gasteiger partial charge is 0.464 e. The van der Waals surface area contributed by atoms with Gasteiger partial charge in [0.05, 0.1) is 12.6 Å². The Kier molecular flexibility index (Phi) is 3.97. The third kappa shape index (κ3) is 2.81. The van der Waals surface area contributed by atoms with Crippen molar-refractivity contribution >= 4 is 27.6 Å². The van der Waals surface area contributed by atoms with E-state index in [1.807, 2.05) is 61.5 Å². The zero-order valence-corrected chi connectivity index (χ0v) is 13.3. The lowest BCUT2D eigenvalue weighted by Gasteiger charge is -2.05. The summed E-state index contributed by atoms with van der Waals surface area (Å²) in [5, 5.41) is 0. The molecule has 0 spiro atoms. The Labute approximate surface area is 132 Å². The molecule has 0 aliphatic carbocycles. The lowest BCUT2D eigenvalue weighted by Crippen LogP contribution is -2.15. The predicted molar refractivity (Wildman–Crippen MR) is 86.2 cm³/mol. The number of hydrogen-bond donors (Lipinski definition) is 0. The molecular weight excluding hydrogens is 330 g/mol. The van der Waals surface area contributed by atoms with Gasteiger partial charge < -0.3 is 9.64 Å². The van der Waals surface area contributed by atoms with Crippen LogP contribution < -0.4 is 4.90 Å². The van der Waals surface area contributed by atoms with Crippen molar-refractivity contribution in [2.75, 3.05) is 11.5 Å². The summed E-state index contributed by atoms with van der Waals surface area (Å²) in [6.45, 7) is 2.24. The summed E-state index contributed by atoms with van der Waals surface area (Å²) in [6, 6.07) is 17.9. The van der Waals surface area contributed by atoms with Crippen molar-refractivity contribution in [3.05, 3.63) is 64.6 Å². The molecule has 0 bridgehead atoms. The van der Waals surface area contributed by atoms with E-state index in [1.165, 1.54) is 0 Å². The summed E-state index contributed by atoms with van der Waals surface area (Å²) < 4.78 is 6.24. The molecule has 0 amide bonds. The van der Waals surface area contributed by atoms with Gasteiger partial charge in [0.25, 0.3) is 0 Å². The van der Waals surface area contributed by atoms with E-state index in [0.717, 1.165) is 15.7 Å². The zero-order chi connectivity index (χ0) is 14.8. The number of para-hydroxylation sites is 1. The van der Waals surface area contributed by atoms with Gasteiger partial charge in [0.15, 0.2) is 6.04 Å². The maximum absolute atomic E-state index is 12.2. The molecular formula is C17H16BrNO2. The molecule has 21 heavy (non-hydrogen) atoms. The second-order valence-electron chi connectivity index (χ2n) is 4.94. The molecule has 0 aromatic heterocycles. The third-order valence-corrected chi connectivity index (χ3v) is 4.13. The molecule has 4 heteroatoms. The van der Waals surface area contributed by atoms with Crippen molar-refractivity contribution in [2.24, 2.45) is 0 Å². The highest BCUT2D eigenvalue weighted by molar-refractivity contribution is 9.10. The molecule has 2 aromatic rings. The second-order valence-corrected chi connectivity index (χ2v) is 5.85. The van der Waals surface area contributed by atoms with Gasteiger partial charge in [0, 0.05) is 10.2 Å². The first kappa shape index (κ1) is 14.1. The van der Waals surface area contributed by atoms with E-state index in [-0.39, 0.29) is 18.1 Å². The normalized spacial score (nSPS) is 20.2. The van der Waals surface area contributed by atoms with Gasteiger partial charge in [-0.3, -0.25) is 0 Å². The van der Waals surface area contributed by atoms with Crippen molar-refractivity contribution in [1.82, 2.24) is 0 Å². The standard InChI is InChI=1S/C17H16BrNO2/c1-2-21-17(20)16-15(12-8-10-13(18)11-9-12)19(16)14-6-4-3-5-7-14/h3-11,15-16H,2H2,1H3/t15-,16-,19?/m1/s1. The SMILES string of the molecule is CCOC(=O)[C@H]1[C@@H](c2ccc(Br)cc2)N1c1ccccc1. The Balaban J connectivity index is 1.89. The average Bonchev–Trinajstić information content (AvgIpc) is 3.25. The van der Waals surface area contributed by atoms with E-state index in [2.05, 4.69) is 20.8 Å². The molecule has 1 aliphatic rings. The van der Waals surface area contributed by atoms with E-state index >= 15 is 0 Å². The first-order valence-corrected chi connectivity index (χ1v) is 7.77. The van der Waals surface area contributed by atoms with Crippen LogP contribution in [0.15, 0.2) is 59.1 Å². The van der Waals surface area contributed by atoms with E-state index in [1.54, 1.807) is 0 Å². The smallest absolute Gasteiger partial charge is 0.331 e. The minimum atomic E-state index is -0.228. The van der Waals surface area contributed by atoms with Gasteiger partial charge in [0.2, 0.25) is 0 Å². The van der Waals surface area contributed by atoms with Crippen molar-refractivity contribution < 1.29 is 9.53 Å². The number of halogens is 1. The van der Waals surface area contributed by atoms with Crippen LogP contribution in [0, 0.1) is 0 Å². The van der Waals surface area contributed by atoms with Gasteiger partial charge in [-0.25, -0.2) is 4.79 Å². The van der Waals surface area contributed by atoms with E-state index < -0.39 is 0 Å². The number of rotatable bonds is 4. The molecule has 1 saturated heterocycles. The fraction of sp³-hybridized carbons (Fsp3) is 0.235. The van der Waals surface area contributed by atoms with Gasteiger partial charge in [-0.05, 0) is 36.8 Å². The van der Waals surface area contributed by atoms with Crippen LogP contribution in [0.2, 0.25) is 0 Å². The molecule has 1 heterocycles. The second kappa shape index (κ2) is 5.90. The molecule has 2 atom stereocenters. The minimum absolute atomic E-state index is 0.0551. The summed E-state index contributed by atoms with van der Waals surface area (Å²) >= 11 is 3.44. The van der Waals surface area contributed by atoms with E-state index in [0.29, 0.717) is 6.61 Å². The highest BCUT2D eigenvalue weighted by Gasteiger charge is 2.54. The molecule has 108 valence electrons. The fourth-order valence-electron chi connectivity index (χ4n) is 2.63. The topological polar surface area (TPSA) is 29.3 Å². The molecule has 1 fully saturated rings. The lowest BCUT2D eigenvalue weighted by molar-refractivity contribution is -0.142. The van der Waals surface area contributed by atoms with Crippen LogP contribution in [-0.2, 0) is 9.53 Å². The molecule has 0 unspecified atom stereocenters. The Morgan fingerprint density at radius 2 is 1.81 bits per heavy atom. The van der Waals surface area contributed by atoms with Crippen LogP contribution in [0.5, 0.6) is 0 Å². The highest BCUT2D eigenvalue weighted by atomic mass is 79.9. The van der Waals surface area contributed by atoms with Crippen LogP contribution >= 0.6 is 15.9 Å². The summed E-state index contributed by atoms with van der Waals surface area (Å²) in [7, 11) is 0. The number of carbonyl (C=O) groups excluding carboxylic acids is 1. The van der Waals surface area contributed by atoms with Gasteiger partial charge >= 0.3 is 5.97 Å². The number of nitrogens with zero attached hydrogens (tertiary/aromatic N) is 1. The quantitative estimate of drug-likeness (QED) is 0.620. The summed E-state index contributed by atoms with van der Waals surface area (Å²) in [4.78, 5) is 14.3. The first-order valence-electron chi connectivity index (χ1n) is 6.98. The van der Waals surface area contributed by atoms with Gasteiger partial charge in [0.1, 0.15) is 0 Å². The molecule has 0 radical (unpaired) electrons. The Morgan fingerprint density at radius 1 is 1.14 bits per heavy atom. The Bertz CT molecular complexity index is 627. The highest BCUT2D eigenvalue weighted by Crippen LogP contribution is 2.47. The van der Waals surface area contributed by atoms with Crippen molar-refractivity contribution in [1.29, 1.82) is 0 Å². The number of hydrogen-bond acceptors (Lipinski definition) is 3. The van der Waals surface area contributed by atoms with E-state index in [9.17, 15) is 4.79 Å². The monoisotopic (exact) mass is 345 g/mol. The zero-order valence-electron chi connectivity index (χ0n) is 11.7. The first-order chi connectivity index (χ1) is 10.2. The average molecular weight is 346 g/mol. The maximum Gasteiger partial charge on any atom is 0.331 e. The van der Waals surface area contributed by atoms with Gasteiger partial charge in [-0.2, -0.15) is 0 Å². The molecule has 0 N–H and O–H groups in total. The van der Waals surface area contributed by atoms with Gasteiger partial charge in [-0.15, -0.1) is 0 Å².